The van der Waals surface area contributed by atoms with Crippen LogP contribution < -0.4 is 10.6 Å². The van der Waals surface area contributed by atoms with Crippen LogP contribution in [0.15, 0.2) is 42.6 Å². The van der Waals surface area contributed by atoms with Crippen LogP contribution >= 0.6 is 0 Å². The molecule has 0 saturated heterocycles. The van der Waals surface area contributed by atoms with Crippen LogP contribution in [0.1, 0.15) is 18.9 Å². The SMILES string of the molecule is CC(CCc1ccccc1)NC(=O)Nc1ccn(C)n1. The fraction of sp³-hybridized carbons (Fsp3) is 0.333. The molecule has 2 aromatic rings. The first-order valence-electron chi connectivity index (χ1n) is 6.74. The van der Waals surface area contributed by atoms with E-state index in [1.807, 2.05) is 32.2 Å². The van der Waals surface area contributed by atoms with Crippen LogP contribution in [0, 0.1) is 0 Å². The number of carbonyl (C=O) groups excluding carboxylic acids is 1. The van der Waals surface area contributed by atoms with Crippen molar-refractivity contribution in [2.75, 3.05) is 5.32 Å². The molecule has 1 heterocycles. The second kappa shape index (κ2) is 6.75. The minimum Gasteiger partial charge on any atom is -0.335 e. The summed E-state index contributed by atoms with van der Waals surface area (Å²) < 4.78 is 1.65. The van der Waals surface area contributed by atoms with E-state index in [0.29, 0.717) is 5.82 Å². The van der Waals surface area contributed by atoms with Gasteiger partial charge in [0.1, 0.15) is 0 Å². The van der Waals surface area contributed by atoms with Gasteiger partial charge in [-0.15, -0.1) is 0 Å². The van der Waals surface area contributed by atoms with Crippen molar-refractivity contribution in [1.82, 2.24) is 15.1 Å². The van der Waals surface area contributed by atoms with Crippen LogP contribution in [0.2, 0.25) is 0 Å². The quantitative estimate of drug-likeness (QED) is 0.878. The lowest BCUT2D eigenvalue weighted by Gasteiger charge is -2.13. The summed E-state index contributed by atoms with van der Waals surface area (Å²) in [5.41, 5.74) is 1.28. The minimum atomic E-state index is -0.218. The summed E-state index contributed by atoms with van der Waals surface area (Å²) in [7, 11) is 1.81. The third-order valence-corrected chi connectivity index (χ3v) is 3.04. The van der Waals surface area contributed by atoms with E-state index in [1.54, 1.807) is 16.9 Å². The van der Waals surface area contributed by atoms with Crippen molar-refractivity contribution < 1.29 is 4.79 Å². The fourth-order valence-electron chi connectivity index (χ4n) is 1.96. The highest BCUT2D eigenvalue weighted by molar-refractivity contribution is 5.88. The number of hydrogen-bond donors (Lipinski definition) is 2. The summed E-state index contributed by atoms with van der Waals surface area (Å²) in [6.45, 7) is 2.00. The minimum absolute atomic E-state index is 0.110. The molecule has 2 N–H and O–H groups in total. The van der Waals surface area contributed by atoms with Crippen molar-refractivity contribution in [2.45, 2.75) is 25.8 Å². The van der Waals surface area contributed by atoms with E-state index in [-0.39, 0.29) is 12.1 Å². The molecule has 0 saturated carbocycles. The Kier molecular flexibility index (Phi) is 4.76. The molecule has 0 radical (unpaired) electrons. The van der Waals surface area contributed by atoms with Gasteiger partial charge in [-0.2, -0.15) is 5.10 Å². The molecule has 1 aromatic carbocycles. The van der Waals surface area contributed by atoms with E-state index in [0.717, 1.165) is 12.8 Å². The average Bonchev–Trinajstić information content (AvgIpc) is 2.83. The van der Waals surface area contributed by atoms with Gasteiger partial charge < -0.3 is 5.32 Å². The zero-order valence-electron chi connectivity index (χ0n) is 11.8. The number of benzene rings is 1. The Morgan fingerprint density at radius 1 is 1.30 bits per heavy atom. The molecule has 1 atom stereocenters. The van der Waals surface area contributed by atoms with Gasteiger partial charge in [0.25, 0.3) is 0 Å². The molecule has 2 rings (SSSR count). The Hall–Kier alpha value is -2.30. The number of anilines is 1. The Morgan fingerprint density at radius 3 is 2.70 bits per heavy atom. The zero-order chi connectivity index (χ0) is 14.4. The molecular formula is C15H20N4O. The second-order valence-electron chi connectivity index (χ2n) is 4.90. The third-order valence-electron chi connectivity index (χ3n) is 3.04. The van der Waals surface area contributed by atoms with Gasteiger partial charge in [-0.1, -0.05) is 30.3 Å². The van der Waals surface area contributed by atoms with E-state index in [9.17, 15) is 4.79 Å². The molecule has 20 heavy (non-hydrogen) atoms. The van der Waals surface area contributed by atoms with Gasteiger partial charge in [0, 0.05) is 25.4 Å². The zero-order valence-corrected chi connectivity index (χ0v) is 11.8. The summed E-state index contributed by atoms with van der Waals surface area (Å²) in [5.74, 6) is 0.556. The first kappa shape index (κ1) is 14.1. The van der Waals surface area contributed by atoms with Gasteiger partial charge >= 0.3 is 6.03 Å². The van der Waals surface area contributed by atoms with Crippen molar-refractivity contribution >= 4 is 11.8 Å². The predicted octanol–water partition coefficient (Wildman–Crippen LogP) is 2.56. The largest absolute Gasteiger partial charge is 0.335 e. The van der Waals surface area contributed by atoms with Crippen LogP contribution in [0.3, 0.4) is 0 Å². The van der Waals surface area contributed by atoms with Gasteiger partial charge in [-0.25, -0.2) is 4.79 Å². The molecule has 0 bridgehead atoms. The number of nitrogens with zero attached hydrogens (tertiary/aromatic N) is 2. The maximum atomic E-state index is 11.8. The lowest BCUT2D eigenvalue weighted by Crippen LogP contribution is -2.36. The topological polar surface area (TPSA) is 59.0 Å². The molecule has 0 aliphatic carbocycles. The maximum Gasteiger partial charge on any atom is 0.320 e. The Bertz CT molecular complexity index is 550. The lowest BCUT2D eigenvalue weighted by molar-refractivity contribution is 0.248. The molecule has 1 unspecified atom stereocenters. The number of carbonyl (C=O) groups is 1. The summed E-state index contributed by atoms with van der Waals surface area (Å²) in [6.07, 6.45) is 3.64. The Morgan fingerprint density at radius 2 is 2.05 bits per heavy atom. The van der Waals surface area contributed by atoms with Gasteiger partial charge in [0.15, 0.2) is 5.82 Å². The van der Waals surface area contributed by atoms with E-state index in [4.69, 9.17) is 0 Å². The molecule has 5 nitrogen and oxygen atoms in total. The van der Waals surface area contributed by atoms with Crippen LogP contribution in [-0.2, 0) is 13.5 Å². The first-order chi connectivity index (χ1) is 9.63. The molecule has 106 valence electrons. The van der Waals surface area contributed by atoms with Gasteiger partial charge in [-0.05, 0) is 25.3 Å². The standard InChI is InChI=1S/C15H20N4O/c1-12(8-9-13-6-4-3-5-7-13)16-15(20)17-14-10-11-19(2)18-14/h3-7,10-12H,8-9H2,1-2H3,(H2,16,17,18,20). The van der Waals surface area contributed by atoms with Crippen LogP contribution in [0.4, 0.5) is 10.6 Å². The molecule has 2 amide bonds. The first-order valence-corrected chi connectivity index (χ1v) is 6.74. The Balaban J connectivity index is 1.73. The fourth-order valence-corrected chi connectivity index (χ4v) is 1.96. The van der Waals surface area contributed by atoms with E-state index < -0.39 is 0 Å². The number of urea groups is 1. The van der Waals surface area contributed by atoms with Gasteiger partial charge in [-0.3, -0.25) is 10.00 Å². The second-order valence-corrected chi connectivity index (χ2v) is 4.90. The van der Waals surface area contributed by atoms with Crippen LogP contribution in [0.25, 0.3) is 0 Å². The van der Waals surface area contributed by atoms with Gasteiger partial charge in [0.05, 0.1) is 0 Å². The average molecular weight is 272 g/mol. The third kappa shape index (κ3) is 4.42. The van der Waals surface area contributed by atoms with Crippen LogP contribution in [0.5, 0.6) is 0 Å². The number of nitrogens with one attached hydrogen (secondary N) is 2. The highest BCUT2D eigenvalue weighted by atomic mass is 16.2. The van der Waals surface area contributed by atoms with Crippen molar-refractivity contribution in [3.8, 4) is 0 Å². The monoisotopic (exact) mass is 272 g/mol. The normalized spacial score (nSPS) is 11.9. The number of rotatable bonds is 5. The molecule has 0 aliphatic rings. The summed E-state index contributed by atoms with van der Waals surface area (Å²) >= 11 is 0. The molecular weight excluding hydrogens is 252 g/mol. The lowest BCUT2D eigenvalue weighted by atomic mass is 10.1. The number of aromatic nitrogens is 2. The summed E-state index contributed by atoms with van der Waals surface area (Å²) in [6, 6.07) is 11.9. The number of hydrogen-bond acceptors (Lipinski definition) is 2. The molecule has 1 aromatic heterocycles. The van der Waals surface area contributed by atoms with Crippen molar-refractivity contribution in [3.05, 3.63) is 48.2 Å². The summed E-state index contributed by atoms with van der Waals surface area (Å²) in [5, 5.41) is 9.71. The smallest absolute Gasteiger partial charge is 0.320 e. The number of aryl methyl sites for hydroxylation is 2. The highest BCUT2D eigenvalue weighted by Crippen LogP contribution is 2.05. The van der Waals surface area contributed by atoms with E-state index >= 15 is 0 Å². The van der Waals surface area contributed by atoms with Gasteiger partial charge in [0.2, 0.25) is 0 Å². The Labute approximate surface area is 119 Å². The van der Waals surface area contributed by atoms with Crippen molar-refractivity contribution in [3.63, 3.8) is 0 Å². The molecule has 0 aliphatic heterocycles. The molecule has 5 heteroatoms. The number of amides is 2. The van der Waals surface area contributed by atoms with E-state index in [1.165, 1.54) is 5.56 Å². The predicted molar refractivity (Wildman–Crippen MR) is 79.6 cm³/mol. The summed E-state index contributed by atoms with van der Waals surface area (Å²) in [4.78, 5) is 11.8. The van der Waals surface area contributed by atoms with E-state index in [2.05, 4.69) is 27.9 Å². The van der Waals surface area contributed by atoms with Crippen LogP contribution in [-0.4, -0.2) is 21.9 Å². The maximum absolute atomic E-state index is 11.8. The molecule has 0 fully saturated rings. The van der Waals surface area contributed by atoms with Crippen molar-refractivity contribution in [2.24, 2.45) is 7.05 Å². The van der Waals surface area contributed by atoms with Crippen molar-refractivity contribution in [1.29, 1.82) is 0 Å². The molecule has 0 spiro atoms. The highest BCUT2D eigenvalue weighted by Gasteiger charge is 2.08.